The molecule has 3 heterocycles. The van der Waals surface area contributed by atoms with Crippen molar-refractivity contribution in [2.24, 2.45) is 0 Å². The molecule has 0 aliphatic rings. The molecule has 11 heteroatoms. The van der Waals surface area contributed by atoms with E-state index in [2.05, 4.69) is 25.5 Å². The second-order valence-electron chi connectivity index (χ2n) is 5.59. The number of carbonyl (C=O) groups is 1. The number of aromatic amines is 1. The van der Waals surface area contributed by atoms with Gasteiger partial charge in [-0.1, -0.05) is 12.1 Å². The zero-order chi connectivity index (χ0) is 19.0. The number of fused-ring (bicyclic) bond motifs is 1. The Bertz CT molecular complexity index is 1080. The Morgan fingerprint density at radius 3 is 2.70 bits per heavy atom. The van der Waals surface area contributed by atoms with Crippen LogP contribution in [0.3, 0.4) is 0 Å². The van der Waals surface area contributed by atoms with Crippen molar-refractivity contribution in [2.45, 2.75) is 12.7 Å². The third-order valence-electron chi connectivity index (χ3n) is 3.83. The van der Waals surface area contributed by atoms with E-state index in [4.69, 9.17) is 0 Å². The molecular weight excluding hydrogens is 381 g/mol. The highest BCUT2D eigenvalue weighted by molar-refractivity contribution is 7.15. The topological polar surface area (TPSA) is 88.0 Å². The Balaban J connectivity index is 1.57. The summed E-state index contributed by atoms with van der Waals surface area (Å²) in [4.78, 5) is 21.2. The number of alkyl halides is 3. The molecule has 27 heavy (non-hydrogen) atoms. The molecule has 0 aliphatic carbocycles. The van der Waals surface area contributed by atoms with Crippen LogP contribution in [-0.2, 0) is 12.7 Å². The van der Waals surface area contributed by atoms with Gasteiger partial charge in [0.2, 0.25) is 0 Å². The molecule has 4 aromatic rings. The Labute approximate surface area is 153 Å². The molecule has 0 spiro atoms. The summed E-state index contributed by atoms with van der Waals surface area (Å²) in [5.74, 6) is 0.194. The fraction of sp³-hybridized carbons (Fsp3) is 0.125. The van der Waals surface area contributed by atoms with Gasteiger partial charge in [-0.15, -0.1) is 11.3 Å². The smallest absolute Gasteiger partial charge is 0.343 e. The summed E-state index contributed by atoms with van der Waals surface area (Å²) < 4.78 is 39.7. The highest BCUT2D eigenvalue weighted by Crippen LogP contribution is 2.31. The number of carbonyl (C=O) groups excluding carboxylic acids is 1. The van der Waals surface area contributed by atoms with Gasteiger partial charge in [0.05, 0.1) is 17.8 Å². The summed E-state index contributed by atoms with van der Waals surface area (Å²) in [6.45, 7) is 0.191. The lowest BCUT2D eigenvalue weighted by Gasteiger charge is -2.06. The van der Waals surface area contributed by atoms with E-state index in [0.717, 1.165) is 12.1 Å². The molecule has 0 saturated carbocycles. The van der Waals surface area contributed by atoms with Crippen LogP contribution in [0.4, 0.5) is 13.2 Å². The fourth-order valence-corrected chi connectivity index (χ4v) is 3.34. The minimum atomic E-state index is -4.39. The maximum atomic E-state index is 12.7. The van der Waals surface area contributed by atoms with Gasteiger partial charge in [0, 0.05) is 17.1 Å². The molecule has 0 aliphatic heterocycles. The first-order valence-electron chi connectivity index (χ1n) is 7.68. The third kappa shape index (κ3) is 3.40. The Morgan fingerprint density at radius 2 is 2.04 bits per heavy atom. The molecule has 0 fully saturated rings. The number of halogens is 3. The molecule has 7 nitrogen and oxygen atoms in total. The minimum Gasteiger partial charge on any atom is -0.343 e. The molecule has 0 saturated heterocycles. The number of hydrogen-bond donors (Lipinski definition) is 2. The van der Waals surface area contributed by atoms with Gasteiger partial charge in [-0.05, 0) is 12.1 Å². The van der Waals surface area contributed by atoms with Crippen LogP contribution < -0.4 is 5.32 Å². The lowest BCUT2D eigenvalue weighted by atomic mass is 10.1. The molecule has 1 amide bonds. The minimum absolute atomic E-state index is 0.191. The lowest BCUT2D eigenvalue weighted by molar-refractivity contribution is -0.137. The van der Waals surface area contributed by atoms with Crippen LogP contribution in [0.5, 0.6) is 0 Å². The first kappa shape index (κ1) is 17.2. The SMILES string of the molecule is O=C(NCc1ncn[nH]1)c1csc2nc(-c3ccc(C(F)(F)F)cc3)cn12. The second-order valence-corrected chi connectivity index (χ2v) is 6.43. The molecule has 1 aromatic carbocycles. The van der Waals surface area contributed by atoms with E-state index in [1.807, 2.05) is 0 Å². The number of aromatic nitrogens is 5. The zero-order valence-corrected chi connectivity index (χ0v) is 14.3. The highest BCUT2D eigenvalue weighted by Gasteiger charge is 2.30. The predicted octanol–water partition coefficient (Wildman–Crippen LogP) is 3.13. The van der Waals surface area contributed by atoms with Crippen molar-refractivity contribution < 1.29 is 18.0 Å². The summed E-state index contributed by atoms with van der Waals surface area (Å²) >= 11 is 1.26. The maximum absolute atomic E-state index is 12.7. The number of thiazole rings is 1. The van der Waals surface area contributed by atoms with Crippen molar-refractivity contribution in [3.63, 3.8) is 0 Å². The van der Waals surface area contributed by atoms with Crippen LogP contribution in [0.25, 0.3) is 16.2 Å². The number of amides is 1. The van der Waals surface area contributed by atoms with Crippen molar-refractivity contribution in [3.8, 4) is 11.3 Å². The number of benzene rings is 1. The van der Waals surface area contributed by atoms with Gasteiger partial charge in [0.25, 0.3) is 5.91 Å². The number of rotatable bonds is 4. The van der Waals surface area contributed by atoms with Gasteiger partial charge in [-0.25, -0.2) is 9.97 Å². The first-order chi connectivity index (χ1) is 12.9. The molecule has 3 aromatic heterocycles. The number of H-pyrrole nitrogens is 1. The van der Waals surface area contributed by atoms with Crippen molar-refractivity contribution in [1.29, 1.82) is 0 Å². The van der Waals surface area contributed by atoms with Crippen molar-refractivity contribution in [3.05, 3.63) is 59.3 Å². The summed E-state index contributed by atoms with van der Waals surface area (Å²) in [6.07, 6.45) is -1.42. The standard InChI is InChI=1S/C16H11F3N6OS/c17-16(18,19)10-3-1-9(2-4-10)11-6-25-12(7-27-15(25)23-11)14(26)20-5-13-21-8-22-24-13/h1-4,6-8H,5H2,(H,20,26)(H,21,22,24). The maximum Gasteiger partial charge on any atom is 0.416 e. The molecule has 0 bridgehead atoms. The average molecular weight is 392 g/mol. The number of hydrogen-bond acceptors (Lipinski definition) is 5. The molecule has 4 rings (SSSR count). The Hall–Kier alpha value is -3.21. The van der Waals surface area contributed by atoms with E-state index in [1.165, 1.54) is 29.8 Å². The third-order valence-corrected chi connectivity index (χ3v) is 4.67. The van der Waals surface area contributed by atoms with Crippen molar-refractivity contribution in [2.75, 3.05) is 0 Å². The largest absolute Gasteiger partial charge is 0.416 e. The highest BCUT2D eigenvalue weighted by atomic mass is 32.1. The van der Waals surface area contributed by atoms with Crippen LogP contribution in [-0.4, -0.2) is 30.5 Å². The Kier molecular flexibility index (Phi) is 4.15. The summed E-state index contributed by atoms with van der Waals surface area (Å²) in [6, 6.07) is 4.74. The monoisotopic (exact) mass is 392 g/mol. The molecule has 138 valence electrons. The number of nitrogens with zero attached hydrogens (tertiary/aromatic N) is 4. The van der Waals surface area contributed by atoms with Crippen LogP contribution in [0.2, 0.25) is 0 Å². The van der Waals surface area contributed by atoms with E-state index >= 15 is 0 Å². The van der Waals surface area contributed by atoms with E-state index < -0.39 is 11.7 Å². The number of imidazole rings is 1. The summed E-state index contributed by atoms with van der Waals surface area (Å²) in [7, 11) is 0. The molecule has 0 radical (unpaired) electrons. The average Bonchev–Trinajstić information content (AvgIpc) is 3.35. The molecule has 2 N–H and O–H groups in total. The van der Waals surface area contributed by atoms with Gasteiger partial charge in [0.15, 0.2) is 4.96 Å². The van der Waals surface area contributed by atoms with Crippen LogP contribution in [0.1, 0.15) is 21.9 Å². The van der Waals surface area contributed by atoms with Gasteiger partial charge in [-0.3, -0.25) is 14.3 Å². The van der Waals surface area contributed by atoms with Crippen LogP contribution in [0.15, 0.2) is 42.2 Å². The van der Waals surface area contributed by atoms with Gasteiger partial charge in [0.1, 0.15) is 17.8 Å². The first-order valence-corrected chi connectivity index (χ1v) is 8.56. The van der Waals surface area contributed by atoms with Gasteiger partial charge < -0.3 is 5.32 Å². The number of nitrogens with one attached hydrogen (secondary N) is 2. The van der Waals surface area contributed by atoms with Crippen LogP contribution in [0, 0.1) is 0 Å². The predicted molar refractivity (Wildman–Crippen MR) is 91.1 cm³/mol. The van der Waals surface area contributed by atoms with E-state index in [-0.39, 0.29) is 12.5 Å². The fourth-order valence-electron chi connectivity index (χ4n) is 2.49. The summed E-state index contributed by atoms with van der Waals surface area (Å²) in [5.41, 5.74) is 0.673. The van der Waals surface area contributed by atoms with Crippen molar-refractivity contribution in [1.82, 2.24) is 29.9 Å². The molecule has 0 unspecified atom stereocenters. The quantitative estimate of drug-likeness (QED) is 0.559. The van der Waals surface area contributed by atoms with E-state index in [0.29, 0.717) is 27.7 Å². The second kappa shape index (κ2) is 6.50. The molecular formula is C16H11F3N6OS. The van der Waals surface area contributed by atoms with E-state index in [9.17, 15) is 18.0 Å². The Morgan fingerprint density at radius 1 is 1.26 bits per heavy atom. The zero-order valence-electron chi connectivity index (χ0n) is 13.5. The normalized spacial score (nSPS) is 11.8. The van der Waals surface area contributed by atoms with Gasteiger partial charge in [-0.2, -0.15) is 18.3 Å². The van der Waals surface area contributed by atoms with Gasteiger partial charge >= 0.3 is 6.18 Å². The lowest BCUT2D eigenvalue weighted by Crippen LogP contribution is -2.24. The van der Waals surface area contributed by atoms with E-state index in [1.54, 1.807) is 16.0 Å². The summed E-state index contributed by atoms with van der Waals surface area (Å²) in [5, 5.41) is 10.7. The van der Waals surface area contributed by atoms with Crippen LogP contribution >= 0.6 is 11.3 Å². The molecule has 0 atom stereocenters. The van der Waals surface area contributed by atoms with Crippen molar-refractivity contribution >= 4 is 22.2 Å².